The van der Waals surface area contributed by atoms with E-state index in [1.54, 1.807) is 0 Å². The van der Waals surface area contributed by atoms with Crippen molar-refractivity contribution in [2.75, 3.05) is 13.2 Å². The van der Waals surface area contributed by atoms with Crippen LogP contribution >= 0.6 is 0 Å². The van der Waals surface area contributed by atoms with Gasteiger partial charge in [-0.3, -0.25) is 0 Å². The van der Waals surface area contributed by atoms with Crippen LogP contribution in [-0.4, -0.2) is 18.3 Å². The SMILES string of the molecule is CCOc1ccc(C(CO)C2CCCCC2)cc1. The van der Waals surface area contributed by atoms with Crippen LogP contribution in [0.3, 0.4) is 0 Å². The Balaban J connectivity index is 2.06. The molecular formula is C16H24O2. The van der Waals surface area contributed by atoms with Crippen LogP contribution in [0.1, 0.15) is 50.5 Å². The molecule has 2 heteroatoms. The number of aliphatic hydroxyl groups excluding tert-OH is 1. The van der Waals surface area contributed by atoms with Gasteiger partial charge >= 0.3 is 0 Å². The predicted molar refractivity (Wildman–Crippen MR) is 74.0 cm³/mol. The highest BCUT2D eigenvalue weighted by Gasteiger charge is 2.24. The Morgan fingerprint density at radius 2 is 1.83 bits per heavy atom. The maximum absolute atomic E-state index is 9.67. The molecule has 0 radical (unpaired) electrons. The van der Waals surface area contributed by atoms with Gasteiger partial charge in [0, 0.05) is 5.92 Å². The van der Waals surface area contributed by atoms with Gasteiger partial charge in [0.2, 0.25) is 0 Å². The van der Waals surface area contributed by atoms with Gasteiger partial charge in [0.05, 0.1) is 13.2 Å². The molecule has 0 saturated heterocycles. The second kappa shape index (κ2) is 6.79. The third-order valence-electron chi connectivity index (χ3n) is 4.03. The average molecular weight is 248 g/mol. The minimum atomic E-state index is 0.263. The quantitative estimate of drug-likeness (QED) is 0.860. The molecule has 0 aliphatic heterocycles. The topological polar surface area (TPSA) is 29.5 Å². The molecule has 0 amide bonds. The van der Waals surface area contributed by atoms with Crippen LogP contribution in [0.5, 0.6) is 5.75 Å². The van der Waals surface area contributed by atoms with Crippen LogP contribution in [0.25, 0.3) is 0 Å². The van der Waals surface area contributed by atoms with Crippen LogP contribution in [-0.2, 0) is 0 Å². The van der Waals surface area contributed by atoms with Gasteiger partial charge in [0.15, 0.2) is 0 Å². The summed E-state index contributed by atoms with van der Waals surface area (Å²) in [6.07, 6.45) is 6.52. The van der Waals surface area contributed by atoms with E-state index in [4.69, 9.17) is 4.74 Å². The lowest BCUT2D eigenvalue weighted by atomic mass is 9.77. The Morgan fingerprint density at radius 3 is 2.39 bits per heavy atom. The lowest BCUT2D eigenvalue weighted by molar-refractivity contribution is 0.196. The Labute approximate surface area is 110 Å². The highest BCUT2D eigenvalue weighted by Crippen LogP contribution is 2.36. The van der Waals surface area contributed by atoms with Gasteiger partial charge in [0.25, 0.3) is 0 Å². The summed E-state index contributed by atoms with van der Waals surface area (Å²) in [5.41, 5.74) is 1.26. The summed E-state index contributed by atoms with van der Waals surface area (Å²) >= 11 is 0. The normalized spacial score (nSPS) is 18.6. The second-order valence-electron chi connectivity index (χ2n) is 5.19. The number of aliphatic hydroxyl groups is 1. The van der Waals surface area contributed by atoms with Gasteiger partial charge < -0.3 is 9.84 Å². The highest BCUT2D eigenvalue weighted by molar-refractivity contribution is 5.30. The van der Waals surface area contributed by atoms with Crippen LogP contribution < -0.4 is 4.74 Å². The molecule has 1 saturated carbocycles. The van der Waals surface area contributed by atoms with E-state index in [0.29, 0.717) is 18.4 Å². The smallest absolute Gasteiger partial charge is 0.119 e. The summed E-state index contributed by atoms with van der Waals surface area (Å²) < 4.78 is 5.46. The summed E-state index contributed by atoms with van der Waals surface area (Å²) in [6.45, 7) is 2.95. The second-order valence-corrected chi connectivity index (χ2v) is 5.19. The van der Waals surface area contributed by atoms with Gasteiger partial charge in [-0.1, -0.05) is 31.4 Å². The first-order valence-electron chi connectivity index (χ1n) is 7.18. The molecule has 1 atom stereocenters. The molecule has 1 N–H and O–H groups in total. The van der Waals surface area contributed by atoms with E-state index in [1.165, 1.54) is 37.7 Å². The van der Waals surface area contributed by atoms with Crippen molar-refractivity contribution in [3.05, 3.63) is 29.8 Å². The van der Waals surface area contributed by atoms with Crippen LogP contribution in [0.2, 0.25) is 0 Å². The first-order chi connectivity index (χ1) is 8.85. The summed E-state index contributed by atoms with van der Waals surface area (Å²) in [4.78, 5) is 0. The van der Waals surface area contributed by atoms with Gasteiger partial charge in [-0.15, -0.1) is 0 Å². The summed E-state index contributed by atoms with van der Waals surface area (Å²) in [5.74, 6) is 1.88. The number of hydrogen-bond acceptors (Lipinski definition) is 2. The maximum Gasteiger partial charge on any atom is 0.119 e. The van der Waals surface area contributed by atoms with Crippen LogP contribution in [0.15, 0.2) is 24.3 Å². The van der Waals surface area contributed by atoms with Gasteiger partial charge in [-0.2, -0.15) is 0 Å². The van der Waals surface area contributed by atoms with Crippen molar-refractivity contribution in [3.8, 4) is 5.75 Å². The lowest BCUT2D eigenvalue weighted by Gasteiger charge is -2.29. The van der Waals surface area contributed by atoms with Gasteiger partial charge in [-0.25, -0.2) is 0 Å². The Bertz CT molecular complexity index is 339. The minimum Gasteiger partial charge on any atom is -0.494 e. The van der Waals surface area contributed by atoms with Gasteiger partial charge in [0.1, 0.15) is 5.75 Å². The molecule has 1 aromatic rings. The zero-order chi connectivity index (χ0) is 12.8. The number of hydrogen-bond donors (Lipinski definition) is 1. The molecule has 0 heterocycles. The molecule has 1 aliphatic carbocycles. The number of ether oxygens (including phenoxy) is 1. The molecule has 0 aromatic heterocycles. The first-order valence-corrected chi connectivity index (χ1v) is 7.18. The first kappa shape index (κ1) is 13.4. The molecule has 2 nitrogen and oxygen atoms in total. The fourth-order valence-electron chi connectivity index (χ4n) is 3.04. The van der Waals surface area contributed by atoms with Gasteiger partial charge in [-0.05, 0) is 43.4 Å². The molecule has 1 aliphatic rings. The predicted octanol–water partition coefficient (Wildman–Crippen LogP) is 3.74. The summed E-state index contributed by atoms with van der Waals surface area (Å²) in [5, 5.41) is 9.67. The van der Waals surface area contributed by atoms with E-state index in [9.17, 15) is 5.11 Å². The van der Waals surface area contributed by atoms with Crippen molar-refractivity contribution in [2.45, 2.75) is 44.9 Å². The largest absolute Gasteiger partial charge is 0.494 e. The third kappa shape index (κ3) is 3.26. The molecular weight excluding hydrogens is 224 g/mol. The highest BCUT2D eigenvalue weighted by atomic mass is 16.5. The average Bonchev–Trinajstić information content (AvgIpc) is 2.43. The molecule has 2 rings (SSSR count). The maximum atomic E-state index is 9.67. The van der Waals surface area contributed by atoms with Crippen molar-refractivity contribution in [2.24, 2.45) is 5.92 Å². The van der Waals surface area contributed by atoms with Crippen LogP contribution in [0.4, 0.5) is 0 Å². The molecule has 18 heavy (non-hydrogen) atoms. The third-order valence-corrected chi connectivity index (χ3v) is 4.03. The Hall–Kier alpha value is -1.02. The van der Waals surface area contributed by atoms with E-state index in [1.807, 2.05) is 19.1 Å². The minimum absolute atomic E-state index is 0.263. The summed E-state index contributed by atoms with van der Waals surface area (Å²) in [7, 11) is 0. The lowest BCUT2D eigenvalue weighted by Crippen LogP contribution is -2.19. The van der Waals surface area contributed by atoms with Crippen molar-refractivity contribution >= 4 is 0 Å². The van der Waals surface area contributed by atoms with E-state index in [2.05, 4.69) is 12.1 Å². The molecule has 1 unspecified atom stereocenters. The Morgan fingerprint density at radius 1 is 1.17 bits per heavy atom. The standard InChI is InChI=1S/C16H24O2/c1-2-18-15-10-8-14(9-11-15)16(12-17)13-6-4-3-5-7-13/h8-11,13,16-17H,2-7,12H2,1H3. The van der Waals surface area contributed by atoms with Crippen molar-refractivity contribution < 1.29 is 9.84 Å². The van der Waals surface area contributed by atoms with E-state index < -0.39 is 0 Å². The summed E-state index contributed by atoms with van der Waals surface area (Å²) in [6, 6.07) is 8.26. The van der Waals surface area contributed by atoms with E-state index in [-0.39, 0.29) is 6.61 Å². The monoisotopic (exact) mass is 248 g/mol. The molecule has 0 spiro atoms. The molecule has 0 bridgehead atoms. The van der Waals surface area contributed by atoms with E-state index >= 15 is 0 Å². The Kier molecular flexibility index (Phi) is 5.06. The fraction of sp³-hybridized carbons (Fsp3) is 0.625. The van der Waals surface area contributed by atoms with Crippen molar-refractivity contribution in [1.29, 1.82) is 0 Å². The molecule has 1 aromatic carbocycles. The molecule has 100 valence electrons. The van der Waals surface area contributed by atoms with Crippen LogP contribution in [0, 0.1) is 5.92 Å². The fourth-order valence-corrected chi connectivity index (χ4v) is 3.04. The van der Waals surface area contributed by atoms with Crippen molar-refractivity contribution in [1.82, 2.24) is 0 Å². The number of rotatable bonds is 5. The van der Waals surface area contributed by atoms with E-state index in [0.717, 1.165) is 5.75 Å². The number of benzene rings is 1. The zero-order valence-electron chi connectivity index (χ0n) is 11.3. The zero-order valence-corrected chi connectivity index (χ0v) is 11.3. The van der Waals surface area contributed by atoms with Crippen molar-refractivity contribution in [3.63, 3.8) is 0 Å². The molecule has 1 fully saturated rings.